The third kappa shape index (κ3) is 3.63. The van der Waals surface area contributed by atoms with Crippen LogP contribution in [0.5, 0.6) is 0 Å². The summed E-state index contributed by atoms with van der Waals surface area (Å²) in [6.45, 7) is -0.215. The zero-order valence-corrected chi connectivity index (χ0v) is 7.87. The Morgan fingerprint density at radius 2 is 2.38 bits per heavy atom. The summed E-state index contributed by atoms with van der Waals surface area (Å²) in [7, 11) is 0. The predicted molar refractivity (Wildman–Crippen MR) is 52.5 cm³/mol. The molecular formula is C8H12N2O2S. The van der Waals surface area contributed by atoms with Crippen LogP contribution in [0.1, 0.15) is 0 Å². The van der Waals surface area contributed by atoms with Gasteiger partial charge < -0.3 is 15.9 Å². The van der Waals surface area contributed by atoms with Crippen molar-refractivity contribution in [3.63, 3.8) is 0 Å². The maximum atomic E-state index is 9.07. The molecular weight excluding hydrogens is 188 g/mol. The zero-order chi connectivity index (χ0) is 9.68. The highest BCUT2D eigenvalue weighted by atomic mass is 32.2. The van der Waals surface area contributed by atoms with E-state index in [1.54, 1.807) is 12.3 Å². The van der Waals surface area contributed by atoms with E-state index in [9.17, 15) is 0 Å². The monoisotopic (exact) mass is 200 g/mol. The molecule has 0 fully saturated rings. The number of rotatable bonds is 4. The van der Waals surface area contributed by atoms with Gasteiger partial charge >= 0.3 is 0 Å². The minimum absolute atomic E-state index is 0.215. The Balaban J connectivity index is 2.45. The molecule has 0 bridgehead atoms. The lowest BCUT2D eigenvalue weighted by atomic mass is 10.4. The van der Waals surface area contributed by atoms with E-state index in [0.717, 1.165) is 4.90 Å². The Bertz CT molecular complexity index is 270. The molecule has 1 aromatic heterocycles. The van der Waals surface area contributed by atoms with Crippen molar-refractivity contribution < 1.29 is 10.2 Å². The number of aromatic nitrogens is 1. The first-order valence-electron chi connectivity index (χ1n) is 3.85. The number of hydrogen-bond acceptors (Lipinski definition) is 5. The van der Waals surface area contributed by atoms with Gasteiger partial charge in [0.15, 0.2) is 0 Å². The Hall–Kier alpha value is -0.780. The number of thioether (sulfide) groups is 1. The number of hydrogen-bond donors (Lipinski definition) is 3. The number of aliphatic hydroxyl groups excluding tert-OH is 2. The first-order chi connectivity index (χ1) is 6.22. The molecule has 0 aliphatic heterocycles. The highest BCUT2D eigenvalue weighted by Crippen LogP contribution is 2.19. The minimum atomic E-state index is -0.681. The second-order valence-corrected chi connectivity index (χ2v) is 3.66. The molecule has 5 heteroatoms. The highest BCUT2D eigenvalue weighted by molar-refractivity contribution is 7.99. The number of nitrogens with two attached hydrogens (primary N) is 1. The van der Waals surface area contributed by atoms with Crippen LogP contribution in [0.2, 0.25) is 0 Å². The van der Waals surface area contributed by atoms with Gasteiger partial charge in [-0.25, -0.2) is 4.98 Å². The van der Waals surface area contributed by atoms with Crippen molar-refractivity contribution in [3.8, 4) is 0 Å². The Labute approximate surface area is 80.8 Å². The van der Waals surface area contributed by atoms with Gasteiger partial charge in [0.05, 0.1) is 12.7 Å². The van der Waals surface area contributed by atoms with Crippen molar-refractivity contribution in [2.45, 2.75) is 11.0 Å². The number of aliphatic hydroxyl groups is 2. The van der Waals surface area contributed by atoms with Crippen molar-refractivity contribution in [3.05, 3.63) is 18.3 Å². The molecule has 0 saturated heterocycles. The molecule has 1 aromatic rings. The van der Waals surface area contributed by atoms with Gasteiger partial charge in [-0.1, -0.05) is 0 Å². The molecule has 1 unspecified atom stereocenters. The van der Waals surface area contributed by atoms with Gasteiger partial charge in [0.2, 0.25) is 0 Å². The van der Waals surface area contributed by atoms with Gasteiger partial charge in [-0.2, -0.15) is 0 Å². The fourth-order valence-electron chi connectivity index (χ4n) is 0.763. The van der Waals surface area contributed by atoms with Crippen molar-refractivity contribution >= 4 is 17.6 Å². The van der Waals surface area contributed by atoms with Crippen LogP contribution in [0.15, 0.2) is 23.2 Å². The van der Waals surface area contributed by atoms with Gasteiger partial charge in [-0.15, -0.1) is 11.8 Å². The number of nitrogens with zero attached hydrogens (tertiary/aromatic N) is 1. The average Bonchev–Trinajstić information content (AvgIpc) is 2.14. The lowest BCUT2D eigenvalue weighted by Gasteiger charge is -2.06. The summed E-state index contributed by atoms with van der Waals surface area (Å²) in [6.07, 6.45) is 0.933. The lowest BCUT2D eigenvalue weighted by Crippen LogP contribution is -2.14. The molecule has 0 aliphatic rings. The molecule has 0 radical (unpaired) electrons. The van der Waals surface area contributed by atoms with Crippen LogP contribution in [0.4, 0.5) is 5.82 Å². The van der Waals surface area contributed by atoms with Crippen LogP contribution in [0.25, 0.3) is 0 Å². The second-order valence-electron chi connectivity index (χ2n) is 2.56. The lowest BCUT2D eigenvalue weighted by molar-refractivity contribution is 0.113. The molecule has 0 amide bonds. The van der Waals surface area contributed by atoms with Gasteiger partial charge in [0, 0.05) is 16.8 Å². The molecule has 0 spiro atoms. The van der Waals surface area contributed by atoms with Gasteiger partial charge in [0.1, 0.15) is 5.82 Å². The molecule has 0 saturated carbocycles. The topological polar surface area (TPSA) is 79.4 Å². The third-order valence-corrected chi connectivity index (χ3v) is 2.54. The smallest absolute Gasteiger partial charge is 0.124 e. The standard InChI is InChI=1S/C8H12N2O2S/c9-8-3-7(1-2-10-8)13-5-6(12)4-11/h1-3,6,11-12H,4-5H2,(H2,9,10). The first kappa shape index (κ1) is 10.3. The van der Waals surface area contributed by atoms with Crippen LogP contribution in [0, 0.1) is 0 Å². The van der Waals surface area contributed by atoms with Crippen LogP contribution in [-0.2, 0) is 0 Å². The number of anilines is 1. The van der Waals surface area contributed by atoms with E-state index in [1.807, 2.05) is 6.07 Å². The van der Waals surface area contributed by atoms with E-state index in [-0.39, 0.29) is 6.61 Å². The summed E-state index contributed by atoms with van der Waals surface area (Å²) < 4.78 is 0. The molecule has 0 aromatic carbocycles. The van der Waals surface area contributed by atoms with Crippen LogP contribution in [-0.4, -0.2) is 33.7 Å². The average molecular weight is 200 g/mol. The largest absolute Gasteiger partial charge is 0.394 e. The Morgan fingerprint density at radius 3 is 3.00 bits per heavy atom. The molecule has 4 N–H and O–H groups in total. The highest BCUT2D eigenvalue weighted by Gasteiger charge is 2.02. The van der Waals surface area contributed by atoms with Gasteiger partial charge in [0.25, 0.3) is 0 Å². The third-order valence-electron chi connectivity index (χ3n) is 1.41. The molecule has 1 heterocycles. The van der Waals surface area contributed by atoms with E-state index in [4.69, 9.17) is 15.9 Å². The van der Waals surface area contributed by atoms with E-state index in [2.05, 4.69) is 4.98 Å². The molecule has 0 aliphatic carbocycles. The van der Waals surface area contributed by atoms with Gasteiger partial charge in [-0.3, -0.25) is 0 Å². The number of pyridine rings is 1. The van der Waals surface area contributed by atoms with Crippen molar-refractivity contribution in [1.82, 2.24) is 4.98 Å². The summed E-state index contributed by atoms with van der Waals surface area (Å²) in [6, 6.07) is 3.54. The minimum Gasteiger partial charge on any atom is -0.394 e. The fourth-order valence-corrected chi connectivity index (χ4v) is 1.61. The van der Waals surface area contributed by atoms with E-state index < -0.39 is 6.10 Å². The number of nitrogen functional groups attached to an aromatic ring is 1. The van der Waals surface area contributed by atoms with Crippen LogP contribution < -0.4 is 5.73 Å². The van der Waals surface area contributed by atoms with E-state index in [1.165, 1.54) is 11.8 Å². The second kappa shape index (κ2) is 5.06. The molecule has 13 heavy (non-hydrogen) atoms. The summed E-state index contributed by atoms with van der Waals surface area (Å²) in [4.78, 5) is 4.78. The van der Waals surface area contributed by atoms with Crippen molar-refractivity contribution in [1.29, 1.82) is 0 Å². The van der Waals surface area contributed by atoms with Crippen molar-refractivity contribution in [2.24, 2.45) is 0 Å². The Morgan fingerprint density at radius 1 is 1.62 bits per heavy atom. The van der Waals surface area contributed by atoms with Crippen LogP contribution >= 0.6 is 11.8 Å². The predicted octanol–water partition coefficient (Wildman–Crippen LogP) is 0.109. The summed E-state index contributed by atoms with van der Waals surface area (Å²) in [5, 5.41) is 17.6. The van der Waals surface area contributed by atoms with Crippen LogP contribution in [0.3, 0.4) is 0 Å². The SMILES string of the molecule is Nc1cc(SCC(O)CO)ccn1. The fraction of sp³-hybridized carbons (Fsp3) is 0.375. The summed E-state index contributed by atoms with van der Waals surface area (Å²) in [5.41, 5.74) is 5.46. The first-order valence-corrected chi connectivity index (χ1v) is 4.84. The molecule has 4 nitrogen and oxygen atoms in total. The van der Waals surface area contributed by atoms with E-state index >= 15 is 0 Å². The summed E-state index contributed by atoms with van der Waals surface area (Å²) in [5.74, 6) is 0.920. The molecule has 72 valence electrons. The summed E-state index contributed by atoms with van der Waals surface area (Å²) >= 11 is 1.44. The maximum absolute atomic E-state index is 9.07. The zero-order valence-electron chi connectivity index (χ0n) is 7.05. The normalized spacial score (nSPS) is 12.8. The molecule has 1 atom stereocenters. The van der Waals surface area contributed by atoms with Crippen molar-refractivity contribution in [2.75, 3.05) is 18.1 Å². The molecule has 1 rings (SSSR count). The Kier molecular flexibility index (Phi) is 4.01. The van der Waals surface area contributed by atoms with E-state index in [0.29, 0.717) is 11.6 Å². The maximum Gasteiger partial charge on any atom is 0.124 e. The quantitative estimate of drug-likeness (QED) is 0.601. The van der Waals surface area contributed by atoms with Gasteiger partial charge in [-0.05, 0) is 12.1 Å².